The molecule has 7 nitrogen and oxygen atoms in total. The minimum Gasteiger partial charge on any atom is -0.466 e. The van der Waals surface area contributed by atoms with Gasteiger partial charge in [0, 0.05) is 36.7 Å². The number of rotatable bonds is 4. The minimum atomic E-state index is -3.65. The van der Waals surface area contributed by atoms with Gasteiger partial charge in [-0.15, -0.1) is 11.8 Å². The molecule has 0 saturated carbocycles. The number of nitrogens with zero attached hydrogens (tertiary/aromatic N) is 2. The summed E-state index contributed by atoms with van der Waals surface area (Å²) in [5.74, 6) is -0.538. The largest absolute Gasteiger partial charge is 0.466 e. The molecular formula is C19H26N2O5S2. The Labute approximate surface area is 170 Å². The number of ether oxygens (including phenoxy) is 1. The van der Waals surface area contributed by atoms with Crippen molar-refractivity contribution in [1.29, 1.82) is 0 Å². The fraction of sp³-hybridized carbons (Fsp3) is 0.579. The Bertz CT molecular complexity index is 863. The van der Waals surface area contributed by atoms with Gasteiger partial charge in [-0.1, -0.05) is 6.92 Å². The summed E-state index contributed by atoms with van der Waals surface area (Å²) < 4.78 is 32.7. The molecule has 1 unspecified atom stereocenters. The molecule has 2 aliphatic rings. The molecule has 1 saturated heterocycles. The molecule has 1 aromatic carbocycles. The first-order chi connectivity index (χ1) is 13.2. The molecule has 0 radical (unpaired) electrons. The third kappa shape index (κ3) is 4.21. The zero-order valence-corrected chi connectivity index (χ0v) is 18.0. The van der Waals surface area contributed by atoms with Crippen LogP contribution in [0, 0.1) is 5.92 Å². The Balaban J connectivity index is 1.79. The van der Waals surface area contributed by atoms with Gasteiger partial charge in [0.15, 0.2) is 0 Å². The maximum Gasteiger partial charge on any atom is 0.309 e. The summed E-state index contributed by atoms with van der Waals surface area (Å²) in [5, 5.41) is 0.190. The summed E-state index contributed by atoms with van der Waals surface area (Å²) in [7, 11) is -3.65. The van der Waals surface area contributed by atoms with Crippen LogP contribution in [0.4, 0.5) is 5.69 Å². The molecule has 0 N–H and O–H groups in total. The molecule has 3 rings (SSSR count). The van der Waals surface area contributed by atoms with Gasteiger partial charge in [0.05, 0.1) is 23.1 Å². The number of amides is 1. The van der Waals surface area contributed by atoms with Gasteiger partial charge in [0.25, 0.3) is 0 Å². The smallest absolute Gasteiger partial charge is 0.309 e. The molecular weight excluding hydrogens is 400 g/mol. The minimum absolute atomic E-state index is 0.0509. The van der Waals surface area contributed by atoms with E-state index in [1.165, 1.54) is 11.2 Å². The second-order valence-electron chi connectivity index (χ2n) is 7.12. The lowest BCUT2D eigenvalue weighted by molar-refractivity contribution is -0.149. The maximum atomic E-state index is 13.1. The van der Waals surface area contributed by atoms with Crippen molar-refractivity contribution in [2.45, 2.75) is 48.7 Å². The van der Waals surface area contributed by atoms with Gasteiger partial charge in [0.1, 0.15) is 0 Å². The molecule has 2 aliphatic heterocycles. The average molecular weight is 427 g/mol. The molecule has 1 amide bonds. The predicted molar refractivity (Wildman–Crippen MR) is 108 cm³/mol. The number of esters is 1. The number of piperidine rings is 1. The second kappa shape index (κ2) is 8.42. The van der Waals surface area contributed by atoms with E-state index in [1.807, 2.05) is 6.92 Å². The Kier molecular flexibility index (Phi) is 6.36. The fourth-order valence-corrected chi connectivity index (χ4v) is 6.34. The highest BCUT2D eigenvalue weighted by Gasteiger charge is 2.34. The summed E-state index contributed by atoms with van der Waals surface area (Å²) in [6, 6.07) is 4.95. The van der Waals surface area contributed by atoms with Crippen LogP contribution in [0.1, 0.15) is 33.6 Å². The highest BCUT2D eigenvalue weighted by Crippen LogP contribution is 2.40. The third-order valence-electron chi connectivity index (χ3n) is 5.08. The van der Waals surface area contributed by atoms with Gasteiger partial charge in [0.2, 0.25) is 15.9 Å². The number of anilines is 1. The SMILES string of the molecule is CCOC(=O)C1CCN(S(=O)(=O)c2ccc3c(c2)SC(C)CN3C(C)=O)CC1. The number of hydrogen-bond donors (Lipinski definition) is 0. The standard InChI is InChI=1S/C19H26N2O5S2/c1-4-26-19(23)15-7-9-20(10-8-15)28(24,25)16-5-6-17-18(11-16)27-13(2)12-21(17)14(3)22/h5-6,11,13,15H,4,7-10,12H2,1-3H3. The number of benzene rings is 1. The van der Waals surface area contributed by atoms with Crippen molar-refractivity contribution in [3.05, 3.63) is 18.2 Å². The van der Waals surface area contributed by atoms with E-state index in [-0.39, 0.29) is 27.9 Å². The lowest BCUT2D eigenvalue weighted by atomic mass is 9.98. The Morgan fingerprint density at radius 3 is 2.54 bits per heavy atom. The molecule has 0 aliphatic carbocycles. The number of thioether (sulfide) groups is 1. The highest BCUT2D eigenvalue weighted by atomic mass is 32.2. The average Bonchev–Trinajstić information content (AvgIpc) is 2.67. The van der Waals surface area contributed by atoms with E-state index in [1.54, 1.807) is 41.8 Å². The molecule has 28 heavy (non-hydrogen) atoms. The summed E-state index contributed by atoms with van der Waals surface area (Å²) in [6.07, 6.45) is 0.930. The van der Waals surface area contributed by atoms with Crippen LogP contribution in [-0.2, 0) is 24.3 Å². The second-order valence-corrected chi connectivity index (χ2v) is 10.5. The molecule has 2 heterocycles. The van der Waals surface area contributed by atoms with E-state index in [0.717, 1.165) is 10.6 Å². The van der Waals surface area contributed by atoms with Crippen LogP contribution >= 0.6 is 11.8 Å². The number of hydrogen-bond acceptors (Lipinski definition) is 6. The van der Waals surface area contributed by atoms with Crippen LogP contribution in [0.15, 0.2) is 28.0 Å². The Morgan fingerprint density at radius 1 is 1.25 bits per heavy atom. The van der Waals surface area contributed by atoms with Gasteiger partial charge in [-0.25, -0.2) is 8.42 Å². The van der Waals surface area contributed by atoms with Gasteiger partial charge in [-0.05, 0) is 38.0 Å². The monoisotopic (exact) mass is 426 g/mol. The van der Waals surface area contributed by atoms with Crippen LogP contribution in [0.25, 0.3) is 0 Å². The zero-order valence-electron chi connectivity index (χ0n) is 16.4. The van der Waals surface area contributed by atoms with Crippen molar-refractivity contribution in [2.24, 2.45) is 5.92 Å². The molecule has 1 atom stereocenters. The third-order valence-corrected chi connectivity index (χ3v) is 8.11. The fourth-order valence-electron chi connectivity index (χ4n) is 3.62. The predicted octanol–water partition coefficient (Wildman–Crippen LogP) is 2.50. The van der Waals surface area contributed by atoms with Crippen molar-refractivity contribution >= 4 is 39.3 Å². The van der Waals surface area contributed by atoms with E-state index in [4.69, 9.17) is 4.74 Å². The van der Waals surface area contributed by atoms with E-state index < -0.39 is 10.0 Å². The molecule has 0 bridgehead atoms. The number of carbonyl (C=O) groups is 2. The van der Waals surface area contributed by atoms with E-state index in [2.05, 4.69) is 0 Å². The van der Waals surface area contributed by atoms with Gasteiger partial charge in [-0.3, -0.25) is 9.59 Å². The maximum absolute atomic E-state index is 13.1. The number of sulfonamides is 1. The van der Waals surface area contributed by atoms with Crippen LogP contribution in [-0.4, -0.2) is 56.1 Å². The quantitative estimate of drug-likeness (QED) is 0.688. The first-order valence-electron chi connectivity index (χ1n) is 9.49. The summed E-state index contributed by atoms with van der Waals surface area (Å²) >= 11 is 1.58. The molecule has 0 aromatic heterocycles. The Hall–Kier alpha value is -1.58. The van der Waals surface area contributed by atoms with Crippen LogP contribution in [0.3, 0.4) is 0 Å². The van der Waals surface area contributed by atoms with Gasteiger partial charge >= 0.3 is 5.97 Å². The molecule has 9 heteroatoms. The summed E-state index contributed by atoms with van der Waals surface area (Å²) in [5.41, 5.74) is 0.760. The normalized spacial score (nSPS) is 21.2. The molecule has 154 valence electrons. The zero-order chi connectivity index (χ0) is 20.5. The van der Waals surface area contributed by atoms with E-state index in [9.17, 15) is 18.0 Å². The molecule has 1 fully saturated rings. The highest BCUT2D eigenvalue weighted by molar-refractivity contribution is 8.00. The van der Waals surface area contributed by atoms with Crippen molar-refractivity contribution in [1.82, 2.24) is 4.31 Å². The van der Waals surface area contributed by atoms with Crippen molar-refractivity contribution in [2.75, 3.05) is 31.1 Å². The van der Waals surface area contributed by atoms with Crippen molar-refractivity contribution < 1.29 is 22.7 Å². The summed E-state index contributed by atoms with van der Waals surface area (Å²) in [6.45, 7) is 6.84. The Morgan fingerprint density at radius 2 is 1.93 bits per heavy atom. The lowest BCUT2D eigenvalue weighted by Crippen LogP contribution is -2.40. The van der Waals surface area contributed by atoms with Crippen LogP contribution < -0.4 is 4.90 Å². The van der Waals surface area contributed by atoms with E-state index in [0.29, 0.717) is 39.1 Å². The molecule has 1 aromatic rings. The number of fused-ring (bicyclic) bond motifs is 1. The summed E-state index contributed by atoms with van der Waals surface area (Å²) in [4.78, 5) is 26.5. The first kappa shape index (κ1) is 21.1. The van der Waals surface area contributed by atoms with E-state index >= 15 is 0 Å². The van der Waals surface area contributed by atoms with Crippen LogP contribution in [0.5, 0.6) is 0 Å². The van der Waals surface area contributed by atoms with Gasteiger partial charge in [-0.2, -0.15) is 4.31 Å². The topological polar surface area (TPSA) is 84.0 Å². The number of carbonyl (C=O) groups excluding carboxylic acids is 2. The van der Waals surface area contributed by atoms with Crippen molar-refractivity contribution in [3.8, 4) is 0 Å². The van der Waals surface area contributed by atoms with Crippen LogP contribution in [0.2, 0.25) is 0 Å². The van der Waals surface area contributed by atoms with Crippen molar-refractivity contribution in [3.63, 3.8) is 0 Å². The lowest BCUT2D eigenvalue weighted by Gasteiger charge is -2.33. The first-order valence-corrected chi connectivity index (χ1v) is 11.8. The molecule has 0 spiro atoms. The van der Waals surface area contributed by atoms with Gasteiger partial charge < -0.3 is 9.64 Å².